The number of aryl methyl sites for hydroxylation is 2. The molecule has 0 amide bonds. The molecule has 2 aromatic heterocycles. The van der Waals surface area contributed by atoms with E-state index in [0.717, 1.165) is 27.9 Å². The number of fused-ring (bicyclic) bond motifs is 1. The number of aromatic nitrogens is 3. The molecule has 3 aromatic rings. The number of nitrogen functional groups attached to an aromatic ring is 1. The first-order valence-corrected chi connectivity index (χ1v) is 6.10. The summed E-state index contributed by atoms with van der Waals surface area (Å²) < 4.78 is 0. The molecule has 0 bridgehead atoms. The van der Waals surface area contributed by atoms with Gasteiger partial charge < -0.3 is 5.73 Å². The van der Waals surface area contributed by atoms with Crippen LogP contribution < -0.4 is 5.73 Å². The Bertz CT molecular complexity index is 765. The zero-order chi connectivity index (χ0) is 13.4. The molecule has 0 aliphatic heterocycles. The molecule has 0 atom stereocenters. The molecule has 0 aliphatic carbocycles. The zero-order valence-corrected chi connectivity index (χ0v) is 10.9. The lowest BCUT2D eigenvalue weighted by Gasteiger charge is -2.07. The summed E-state index contributed by atoms with van der Waals surface area (Å²) >= 11 is 0. The summed E-state index contributed by atoms with van der Waals surface area (Å²) in [5.41, 5.74) is 10.8. The molecule has 0 saturated carbocycles. The minimum Gasteiger partial charge on any atom is -0.383 e. The van der Waals surface area contributed by atoms with Crippen molar-refractivity contribution in [3.8, 4) is 11.3 Å². The van der Waals surface area contributed by atoms with Gasteiger partial charge in [0.1, 0.15) is 12.1 Å². The average molecular weight is 250 g/mol. The summed E-state index contributed by atoms with van der Waals surface area (Å²) in [6, 6.07) is 10.2. The molecular formula is C15H14N4. The van der Waals surface area contributed by atoms with Gasteiger partial charge in [-0.05, 0) is 26.0 Å². The van der Waals surface area contributed by atoms with Gasteiger partial charge in [0.25, 0.3) is 0 Å². The number of nitrogens with zero attached hydrogens (tertiary/aromatic N) is 3. The van der Waals surface area contributed by atoms with Gasteiger partial charge in [-0.2, -0.15) is 0 Å². The van der Waals surface area contributed by atoms with Crippen LogP contribution in [0.1, 0.15) is 11.3 Å². The second-order valence-corrected chi connectivity index (χ2v) is 4.62. The van der Waals surface area contributed by atoms with Crippen molar-refractivity contribution in [2.24, 2.45) is 0 Å². The molecule has 4 nitrogen and oxygen atoms in total. The van der Waals surface area contributed by atoms with E-state index in [4.69, 9.17) is 5.73 Å². The van der Waals surface area contributed by atoms with Crippen molar-refractivity contribution in [3.63, 3.8) is 0 Å². The van der Waals surface area contributed by atoms with Gasteiger partial charge in [-0.25, -0.2) is 9.97 Å². The molecule has 94 valence electrons. The Morgan fingerprint density at radius 1 is 1.05 bits per heavy atom. The van der Waals surface area contributed by atoms with Gasteiger partial charge in [-0.1, -0.05) is 23.8 Å². The highest BCUT2D eigenvalue weighted by atomic mass is 14.9. The van der Waals surface area contributed by atoms with E-state index >= 15 is 0 Å². The smallest absolute Gasteiger partial charge is 0.134 e. The fourth-order valence-electron chi connectivity index (χ4n) is 2.19. The molecule has 2 N–H and O–H groups in total. The van der Waals surface area contributed by atoms with Gasteiger partial charge in [-0.15, -0.1) is 0 Å². The number of nitrogens with two attached hydrogens (primary N) is 1. The Morgan fingerprint density at radius 3 is 2.68 bits per heavy atom. The van der Waals surface area contributed by atoms with Crippen LogP contribution in [0.2, 0.25) is 0 Å². The van der Waals surface area contributed by atoms with Gasteiger partial charge in [0.2, 0.25) is 0 Å². The molecule has 3 rings (SSSR count). The third-order valence-electron chi connectivity index (χ3n) is 3.14. The van der Waals surface area contributed by atoms with Crippen molar-refractivity contribution >= 4 is 16.7 Å². The molecule has 1 aromatic carbocycles. The van der Waals surface area contributed by atoms with Crippen LogP contribution in [0.4, 0.5) is 5.82 Å². The van der Waals surface area contributed by atoms with E-state index < -0.39 is 0 Å². The number of hydrogen-bond donors (Lipinski definition) is 1. The molecule has 19 heavy (non-hydrogen) atoms. The van der Waals surface area contributed by atoms with Crippen molar-refractivity contribution in [3.05, 3.63) is 47.9 Å². The zero-order valence-electron chi connectivity index (χ0n) is 10.9. The maximum Gasteiger partial charge on any atom is 0.134 e. The second-order valence-electron chi connectivity index (χ2n) is 4.62. The molecule has 0 radical (unpaired) electrons. The number of anilines is 1. The van der Waals surface area contributed by atoms with E-state index in [-0.39, 0.29) is 0 Å². The Balaban J connectivity index is 2.29. The molecule has 2 heterocycles. The van der Waals surface area contributed by atoms with Crippen molar-refractivity contribution in [2.45, 2.75) is 13.8 Å². The minimum absolute atomic E-state index is 0.490. The Labute approximate surface area is 111 Å². The van der Waals surface area contributed by atoms with Crippen molar-refractivity contribution in [1.29, 1.82) is 0 Å². The van der Waals surface area contributed by atoms with Gasteiger partial charge in [0, 0.05) is 10.9 Å². The van der Waals surface area contributed by atoms with Gasteiger partial charge in [0.15, 0.2) is 0 Å². The Hall–Kier alpha value is -2.49. The van der Waals surface area contributed by atoms with E-state index in [1.54, 1.807) is 0 Å². The SMILES string of the molecule is Cc1cccc(-c2cc3c(N)ncnc3c(C)n2)c1. The Morgan fingerprint density at radius 2 is 1.89 bits per heavy atom. The molecule has 0 unspecified atom stereocenters. The third-order valence-corrected chi connectivity index (χ3v) is 3.14. The summed E-state index contributed by atoms with van der Waals surface area (Å²) in [6.07, 6.45) is 1.47. The number of benzene rings is 1. The highest BCUT2D eigenvalue weighted by Gasteiger charge is 2.08. The van der Waals surface area contributed by atoms with Crippen LogP contribution in [-0.2, 0) is 0 Å². The van der Waals surface area contributed by atoms with Gasteiger partial charge in [0.05, 0.1) is 16.9 Å². The predicted molar refractivity (Wildman–Crippen MR) is 76.7 cm³/mol. The second kappa shape index (κ2) is 4.31. The first-order valence-electron chi connectivity index (χ1n) is 6.10. The summed E-state index contributed by atoms with van der Waals surface area (Å²) in [7, 11) is 0. The van der Waals surface area contributed by atoms with Crippen LogP contribution in [0.15, 0.2) is 36.7 Å². The van der Waals surface area contributed by atoms with Crippen LogP contribution in [0, 0.1) is 13.8 Å². The topological polar surface area (TPSA) is 64.7 Å². The van der Waals surface area contributed by atoms with E-state index in [9.17, 15) is 0 Å². The maximum atomic E-state index is 5.92. The van der Waals surface area contributed by atoms with E-state index in [1.165, 1.54) is 11.9 Å². The lowest BCUT2D eigenvalue weighted by molar-refractivity contribution is 1.17. The fraction of sp³-hybridized carbons (Fsp3) is 0.133. The summed E-state index contributed by atoms with van der Waals surface area (Å²) in [6.45, 7) is 4.00. The van der Waals surface area contributed by atoms with Gasteiger partial charge >= 0.3 is 0 Å². The lowest BCUT2D eigenvalue weighted by atomic mass is 10.1. The molecule has 0 spiro atoms. The standard InChI is InChI=1S/C15H14N4/c1-9-4-3-5-11(6-9)13-7-12-14(10(2)19-13)17-8-18-15(12)16/h3-8H,1-2H3,(H2,16,17,18). The van der Waals surface area contributed by atoms with Crippen molar-refractivity contribution in [2.75, 3.05) is 5.73 Å². The van der Waals surface area contributed by atoms with Crippen LogP contribution in [0.25, 0.3) is 22.2 Å². The molecule has 0 aliphatic rings. The van der Waals surface area contributed by atoms with Crippen molar-refractivity contribution in [1.82, 2.24) is 15.0 Å². The van der Waals surface area contributed by atoms with Crippen LogP contribution in [0.3, 0.4) is 0 Å². The summed E-state index contributed by atoms with van der Waals surface area (Å²) in [4.78, 5) is 12.9. The van der Waals surface area contributed by atoms with E-state index in [1.807, 2.05) is 25.1 Å². The highest BCUT2D eigenvalue weighted by molar-refractivity contribution is 5.91. The number of hydrogen-bond acceptors (Lipinski definition) is 4. The first kappa shape index (κ1) is 11.6. The molecule has 0 saturated heterocycles. The van der Waals surface area contributed by atoms with Crippen LogP contribution in [-0.4, -0.2) is 15.0 Å². The monoisotopic (exact) mass is 250 g/mol. The first-order chi connectivity index (χ1) is 9.15. The Kier molecular flexibility index (Phi) is 2.63. The quantitative estimate of drug-likeness (QED) is 0.721. The highest BCUT2D eigenvalue weighted by Crippen LogP contribution is 2.26. The molecule has 4 heteroatoms. The molecular weight excluding hydrogens is 236 g/mol. The normalized spacial score (nSPS) is 10.8. The summed E-state index contributed by atoms with van der Waals surface area (Å²) in [5.74, 6) is 0.490. The summed E-state index contributed by atoms with van der Waals surface area (Å²) in [5, 5.41) is 0.853. The van der Waals surface area contributed by atoms with Gasteiger partial charge in [-0.3, -0.25) is 4.98 Å². The maximum absolute atomic E-state index is 5.92. The number of pyridine rings is 1. The lowest BCUT2D eigenvalue weighted by Crippen LogP contribution is -1.97. The van der Waals surface area contributed by atoms with E-state index in [0.29, 0.717) is 5.82 Å². The average Bonchev–Trinajstić information content (AvgIpc) is 2.40. The predicted octanol–water partition coefficient (Wildman–Crippen LogP) is 2.89. The third kappa shape index (κ3) is 2.01. The largest absolute Gasteiger partial charge is 0.383 e. The van der Waals surface area contributed by atoms with Crippen LogP contribution >= 0.6 is 0 Å². The number of rotatable bonds is 1. The van der Waals surface area contributed by atoms with E-state index in [2.05, 4.69) is 34.0 Å². The molecule has 0 fully saturated rings. The fourth-order valence-corrected chi connectivity index (χ4v) is 2.19. The minimum atomic E-state index is 0.490. The van der Waals surface area contributed by atoms with Crippen LogP contribution in [0.5, 0.6) is 0 Å². The van der Waals surface area contributed by atoms with Crippen molar-refractivity contribution < 1.29 is 0 Å².